The van der Waals surface area contributed by atoms with Gasteiger partial charge < -0.3 is 5.11 Å². The molecule has 2 rings (SSSR count). The average Bonchev–Trinajstić information content (AvgIpc) is 2.72. The number of thioether (sulfide) groups is 1. The molecule has 0 bridgehead atoms. The van der Waals surface area contributed by atoms with Crippen LogP contribution in [0.25, 0.3) is 5.70 Å². The van der Waals surface area contributed by atoms with Crippen molar-refractivity contribution in [3.8, 4) is 0 Å². The first-order valence-electron chi connectivity index (χ1n) is 4.23. The molecule has 0 radical (unpaired) electrons. The maximum absolute atomic E-state index is 10.9. The first-order chi connectivity index (χ1) is 8.15. The summed E-state index contributed by atoms with van der Waals surface area (Å²) in [4.78, 5) is 10.9. The summed E-state index contributed by atoms with van der Waals surface area (Å²) in [7, 11) is 0. The third-order valence-electron chi connectivity index (χ3n) is 1.97. The second-order valence-corrected chi connectivity index (χ2v) is 20.7. The molecule has 0 fully saturated rings. The molecule has 0 saturated heterocycles. The number of rotatable bonds is 1. The molecule has 0 aliphatic carbocycles. The van der Waals surface area contributed by atoms with Gasteiger partial charge in [0, 0.05) is 10.1 Å². The number of pyridine rings is 1. The molecule has 1 aliphatic rings. The number of aromatic carboxylic acids is 1. The molecule has 0 amide bonds. The first-order valence-corrected chi connectivity index (χ1v) is 19.0. The summed E-state index contributed by atoms with van der Waals surface area (Å²) in [6.07, 6.45) is 1.90. The molecule has 3 nitrogen and oxygen atoms in total. The fourth-order valence-corrected chi connectivity index (χ4v) is 3.28. The van der Waals surface area contributed by atoms with Gasteiger partial charge >= 0.3 is 56.5 Å². The Balaban J connectivity index is 0.000000437. The molecule has 0 aromatic carbocycles. The number of carboxylic acid groups (broad SMARTS) is 1. The van der Waals surface area contributed by atoms with Crippen LogP contribution < -0.4 is 17.8 Å². The van der Waals surface area contributed by atoms with Gasteiger partial charge in [-0.1, -0.05) is 0 Å². The molecule has 1 aromatic heterocycles. The Morgan fingerprint density at radius 3 is 2.76 bits per heavy atom. The van der Waals surface area contributed by atoms with Gasteiger partial charge in [-0.2, -0.15) is 4.57 Å². The summed E-state index contributed by atoms with van der Waals surface area (Å²) in [6, 6.07) is 3.40. The summed E-state index contributed by atoms with van der Waals surface area (Å²) < 4.78 is 3.91. The standard InChI is InChI=1S/C9H6INO2S.I3/c10-4-6-5-14-8-7(9(12)13)2-1-3-11(6)8;1-3-2/h1-4H,5H2;/q;-1/p+1. The fourth-order valence-electron chi connectivity index (χ4n) is 1.33. The molecule has 1 N–H and O–H groups in total. The Labute approximate surface area is 147 Å². The fraction of sp³-hybridized carbons (Fsp3) is 0.111. The molecule has 2 heterocycles. The zero-order valence-corrected chi connectivity index (χ0v) is 17.7. The molecule has 0 saturated carbocycles. The Hall–Kier alpha value is 1.63. The van der Waals surface area contributed by atoms with Crippen LogP contribution in [0.4, 0.5) is 0 Å². The number of carbonyl (C=O) groups is 1. The van der Waals surface area contributed by atoms with Gasteiger partial charge in [0.1, 0.15) is 5.56 Å². The molecule has 1 aliphatic heterocycles. The monoisotopic (exact) mass is 701 g/mol. The molecular weight excluding hydrogens is 694 g/mol. The third-order valence-corrected chi connectivity index (χ3v) is 3.82. The van der Waals surface area contributed by atoms with Gasteiger partial charge in [0.15, 0.2) is 6.20 Å². The molecule has 0 unspecified atom stereocenters. The zero-order chi connectivity index (χ0) is 12.8. The van der Waals surface area contributed by atoms with Crippen molar-refractivity contribution < 1.29 is 27.7 Å². The number of hydrogen-bond acceptors (Lipinski definition) is 2. The van der Waals surface area contributed by atoms with Crippen molar-refractivity contribution >= 4 is 83.3 Å². The summed E-state index contributed by atoms with van der Waals surface area (Å²) in [5.74, 6) is -0.0238. The molecule has 1 aromatic rings. The van der Waals surface area contributed by atoms with Crippen LogP contribution in [0.1, 0.15) is 10.4 Å². The van der Waals surface area contributed by atoms with E-state index < -0.39 is 5.97 Å². The van der Waals surface area contributed by atoms with Gasteiger partial charge in [0.05, 0.1) is 5.75 Å². The Morgan fingerprint density at radius 1 is 1.59 bits per heavy atom. The van der Waals surface area contributed by atoms with Gasteiger partial charge in [-0.15, -0.1) is 0 Å². The predicted molar refractivity (Wildman–Crippen MR) is 90.7 cm³/mol. The zero-order valence-electron chi connectivity index (χ0n) is 8.24. The minimum absolute atomic E-state index is 0.380. The van der Waals surface area contributed by atoms with Crippen LogP contribution in [0.3, 0.4) is 0 Å². The van der Waals surface area contributed by atoms with E-state index >= 15 is 0 Å². The second-order valence-electron chi connectivity index (χ2n) is 2.85. The van der Waals surface area contributed by atoms with Gasteiger partial charge in [-0.25, -0.2) is 4.79 Å². The quantitative estimate of drug-likeness (QED) is 0.349. The van der Waals surface area contributed by atoms with E-state index in [-0.39, 0.29) is 0 Å². The predicted octanol–water partition coefficient (Wildman–Crippen LogP) is 0.787. The molecular formula is C9H7I4NO2S. The van der Waals surface area contributed by atoms with Crippen LogP contribution in [0.5, 0.6) is 0 Å². The topological polar surface area (TPSA) is 41.2 Å². The van der Waals surface area contributed by atoms with Crippen molar-refractivity contribution in [2.75, 3.05) is 5.75 Å². The van der Waals surface area contributed by atoms with Gasteiger partial charge in [0.2, 0.25) is 5.70 Å². The number of aromatic nitrogens is 1. The Morgan fingerprint density at radius 2 is 2.24 bits per heavy atom. The third kappa shape index (κ3) is 4.59. The van der Waals surface area contributed by atoms with Gasteiger partial charge in [-0.3, -0.25) is 0 Å². The maximum Gasteiger partial charge on any atom is 0.343 e. The van der Waals surface area contributed by atoms with Gasteiger partial charge in [-0.05, 0) is 40.4 Å². The summed E-state index contributed by atoms with van der Waals surface area (Å²) >= 11 is 9.04. The number of halogens is 4. The molecule has 17 heavy (non-hydrogen) atoms. The SMILES string of the molecule is I[I-]I.O=C(O)c1ccc[n+]2c1SCC2=CI. The smallest absolute Gasteiger partial charge is 0.343 e. The summed E-state index contributed by atoms with van der Waals surface area (Å²) in [6.45, 7) is 0. The number of hydrogen-bond donors (Lipinski definition) is 1. The van der Waals surface area contributed by atoms with Crippen LogP contribution in [0.2, 0.25) is 0 Å². The molecule has 0 spiro atoms. The van der Waals surface area contributed by atoms with Crippen molar-refractivity contribution in [1.29, 1.82) is 0 Å². The van der Waals surface area contributed by atoms with Crippen molar-refractivity contribution in [2.24, 2.45) is 0 Å². The van der Waals surface area contributed by atoms with E-state index in [2.05, 4.69) is 59.8 Å². The maximum atomic E-state index is 10.9. The van der Waals surface area contributed by atoms with E-state index in [0.29, 0.717) is 18.8 Å². The largest absolute Gasteiger partial charge is 0.477 e. The minimum atomic E-state index is -0.864. The van der Waals surface area contributed by atoms with Crippen LogP contribution >= 0.6 is 71.6 Å². The minimum Gasteiger partial charge on any atom is -0.477 e. The van der Waals surface area contributed by atoms with Crippen molar-refractivity contribution in [3.05, 3.63) is 28.0 Å². The van der Waals surface area contributed by atoms with Crippen molar-refractivity contribution in [2.45, 2.75) is 5.03 Å². The van der Waals surface area contributed by atoms with E-state index in [1.807, 2.05) is 14.8 Å². The summed E-state index contributed by atoms with van der Waals surface area (Å²) in [5.41, 5.74) is 1.51. The first kappa shape index (κ1) is 16.7. The van der Waals surface area contributed by atoms with Gasteiger partial charge in [0.25, 0.3) is 5.03 Å². The van der Waals surface area contributed by atoms with E-state index in [4.69, 9.17) is 5.11 Å². The molecule has 0 atom stereocenters. The summed E-state index contributed by atoms with van der Waals surface area (Å²) in [5, 5.41) is 9.78. The average molecular weight is 701 g/mol. The van der Waals surface area contributed by atoms with E-state index in [9.17, 15) is 4.79 Å². The van der Waals surface area contributed by atoms with Crippen molar-refractivity contribution in [3.63, 3.8) is 0 Å². The normalized spacial score (nSPS) is 15.4. The molecule has 8 heteroatoms. The Bertz CT molecular complexity index is 453. The van der Waals surface area contributed by atoms with Crippen molar-refractivity contribution in [1.82, 2.24) is 0 Å². The number of carboxylic acids is 1. The Kier molecular flexibility index (Phi) is 8.57. The second kappa shape index (κ2) is 8.73. The molecule has 94 valence electrons. The van der Waals surface area contributed by atoms with Crippen LogP contribution in [-0.2, 0) is 0 Å². The van der Waals surface area contributed by atoms with Crippen LogP contribution in [0, 0.1) is 0 Å². The van der Waals surface area contributed by atoms with Crippen LogP contribution in [-0.4, -0.2) is 16.8 Å². The van der Waals surface area contributed by atoms with E-state index in [0.717, 1.165) is 16.5 Å². The number of nitrogens with zero attached hydrogens (tertiary/aromatic N) is 1. The van der Waals surface area contributed by atoms with Crippen LogP contribution in [0.15, 0.2) is 27.4 Å². The van der Waals surface area contributed by atoms with E-state index in [1.165, 1.54) is 0 Å². The number of fused-ring (bicyclic) bond motifs is 1. The van der Waals surface area contributed by atoms with E-state index in [1.54, 1.807) is 23.9 Å².